The second-order valence-corrected chi connectivity index (χ2v) is 8.69. The van der Waals surface area contributed by atoms with Crippen LogP contribution in [0.15, 0.2) is 40.9 Å². The molecule has 0 radical (unpaired) electrons. The van der Waals surface area contributed by atoms with Gasteiger partial charge in [0, 0.05) is 4.47 Å². The Morgan fingerprint density at radius 3 is 2.27 bits per heavy atom. The number of ether oxygens (including phenoxy) is 2. The Morgan fingerprint density at radius 1 is 1.12 bits per heavy atom. The lowest BCUT2D eigenvalue weighted by molar-refractivity contribution is -0.136. The standard InChI is InChI=1S/C22H27BrO3/c1-14(2)18-12-19(23)15(3)11-20(18)25-13-21(24)26-17-9-7-16(8-10-17)22(4,5)6/h7-12,14H,13H2,1-6H3. The summed E-state index contributed by atoms with van der Waals surface area (Å²) in [7, 11) is 0. The van der Waals surface area contributed by atoms with Crippen LogP contribution in [-0.2, 0) is 10.2 Å². The van der Waals surface area contributed by atoms with Crippen LogP contribution in [0.3, 0.4) is 0 Å². The molecule has 0 aliphatic rings. The lowest BCUT2D eigenvalue weighted by Gasteiger charge is -2.19. The third-order valence-electron chi connectivity index (χ3n) is 4.21. The number of rotatable bonds is 5. The van der Waals surface area contributed by atoms with Crippen LogP contribution in [0.2, 0.25) is 0 Å². The van der Waals surface area contributed by atoms with Crippen molar-refractivity contribution in [2.75, 3.05) is 6.61 Å². The average molecular weight is 419 g/mol. The Morgan fingerprint density at radius 2 is 1.73 bits per heavy atom. The van der Waals surface area contributed by atoms with Gasteiger partial charge < -0.3 is 9.47 Å². The number of hydrogen-bond donors (Lipinski definition) is 0. The normalized spacial score (nSPS) is 11.5. The molecule has 4 heteroatoms. The molecule has 2 aromatic carbocycles. The second-order valence-electron chi connectivity index (χ2n) is 7.83. The summed E-state index contributed by atoms with van der Waals surface area (Å²) in [5.74, 6) is 1.13. The van der Waals surface area contributed by atoms with E-state index in [1.807, 2.05) is 43.3 Å². The van der Waals surface area contributed by atoms with E-state index in [0.29, 0.717) is 11.7 Å². The molecule has 3 nitrogen and oxygen atoms in total. The summed E-state index contributed by atoms with van der Waals surface area (Å²) in [5.41, 5.74) is 3.39. The van der Waals surface area contributed by atoms with E-state index in [1.54, 1.807) is 0 Å². The Hall–Kier alpha value is -1.81. The van der Waals surface area contributed by atoms with E-state index in [2.05, 4.69) is 50.5 Å². The number of esters is 1. The molecular weight excluding hydrogens is 392 g/mol. The number of benzene rings is 2. The summed E-state index contributed by atoms with van der Waals surface area (Å²) in [5, 5.41) is 0. The molecule has 26 heavy (non-hydrogen) atoms. The van der Waals surface area contributed by atoms with E-state index < -0.39 is 5.97 Å². The van der Waals surface area contributed by atoms with Crippen LogP contribution in [0.1, 0.15) is 57.2 Å². The highest BCUT2D eigenvalue weighted by molar-refractivity contribution is 9.10. The van der Waals surface area contributed by atoms with Crippen LogP contribution in [-0.4, -0.2) is 12.6 Å². The minimum atomic E-state index is -0.413. The fourth-order valence-electron chi connectivity index (χ4n) is 2.57. The topological polar surface area (TPSA) is 35.5 Å². The van der Waals surface area contributed by atoms with Crippen molar-refractivity contribution in [1.82, 2.24) is 0 Å². The molecule has 140 valence electrons. The van der Waals surface area contributed by atoms with Crippen molar-refractivity contribution in [3.8, 4) is 11.5 Å². The first-order chi connectivity index (χ1) is 12.1. The molecular formula is C22H27BrO3. The van der Waals surface area contributed by atoms with Gasteiger partial charge in [0.2, 0.25) is 0 Å². The highest BCUT2D eigenvalue weighted by atomic mass is 79.9. The van der Waals surface area contributed by atoms with Crippen molar-refractivity contribution < 1.29 is 14.3 Å². The summed E-state index contributed by atoms with van der Waals surface area (Å²) in [6, 6.07) is 11.6. The maximum atomic E-state index is 12.1. The number of halogens is 1. The monoisotopic (exact) mass is 418 g/mol. The third-order valence-corrected chi connectivity index (χ3v) is 5.06. The van der Waals surface area contributed by atoms with Gasteiger partial charge in [0.25, 0.3) is 0 Å². The number of carbonyl (C=O) groups excluding carboxylic acids is 1. The molecule has 0 atom stereocenters. The first kappa shape index (κ1) is 20.5. The maximum absolute atomic E-state index is 12.1. The maximum Gasteiger partial charge on any atom is 0.349 e. The molecule has 0 bridgehead atoms. The van der Waals surface area contributed by atoms with Crippen LogP contribution in [0.5, 0.6) is 11.5 Å². The van der Waals surface area contributed by atoms with Gasteiger partial charge in [-0.25, -0.2) is 4.79 Å². The Bertz CT molecular complexity index is 771. The molecule has 0 aliphatic heterocycles. The first-order valence-corrected chi connectivity index (χ1v) is 9.61. The zero-order valence-electron chi connectivity index (χ0n) is 16.4. The largest absolute Gasteiger partial charge is 0.482 e. The minimum absolute atomic E-state index is 0.0678. The van der Waals surface area contributed by atoms with Gasteiger partial charge in [-0.3, -0.25) is 0 Å². The molecule has 0 fully saturated rings. The number of carbonyl (C=O) groups is 1. The van der Waals surface area contributed by atoms with Gasteiger partial charge in [-0.05, 0) is 59.2 Å². The molecule has 0 amide bonds. The Balaban J connectivity index is 2.02. The zero-order valence-corrected chi connectivity index (χ0v) is 17.9. The highest BCUT2D eigenvalue weighted by Crippen LogP contribution is 2.32. The van der Waals surface area contributed by atoms with E-state index in [0.717, 1.165) is 21.3 Å². The molecule has 0 aromatic heterocycles. The van der Waals surface area contributed by atoms with Gasteiger partial charge >= 0.3 is 5.97 Å². The van der Waals surface area contributed by atoms with Gasteiger partial charge in [0.05, 0.1) is 0 Å². The van der Waals surface area contributed by atoms with Crippen LogP contribution in [0, 0.1) is 6.92 Å². The molecule has 0 N–H and O–H groups in total. The van der Waals surface area contributed by atoms with Crippen molar-refractivity contribution in [1.29, 1.82) is 0 Å². The number of aryl methyl sites for hydroxylation is 1. The minimum Gasteiger partial charge on any atom is -0.482 e. The van der Waals surface area contributed by atoms with E-state index in [9.17, 15) is 4.79 Å². The summed E-state index contributed by atoms with van der Waals surface area (Å²) in [6.07, 6.45) is 0. The quantitative estimate of drug-likeness (QED) is 0.430. The van der Waals surface area contributed by atoms with Crippen LogP contribution in [0.4, 0.5) is 0 Å². The van der Waals surface area contributed by atoms with Gasteiger partial charge in [0.15, 0.2) is 6.61 Å². The smallest absolute Gasteiger partial charge is 0.349 e. The fraction of sp³-hybridized carbons (Fsp3) is 0.409. The fourth-order valence-corrected chi connectivity index (χ4v) is 2.93. The van der Waals surface area contributed by atoms with Crippen LogP contribution >= 0.6 is 15.9 Å². The molecule has 0 saturated carbocycles. The first-order valence-electron chi connectivity index (χ1n) is 8.82. The van der Waals surface area contributed by atoms with Gasteiger partial charge in [-0.1, -0.05) is 62.7 Å². The summed E-state index contributed by atoms with van der Waals surface area (Å²) >= 11 is 3.55. The predicted octanol–water partition coefficient (Wildman–Crippen LogP) is 6.16. The van der Waals surface area contributed by atoms with E-state index in [4.69, 9.17) is 9.47 Å². The van der Waals surface area contributed by atoms with Crippen molar-refractivity contribution >= 4 is 21.9 Å². The summed E-state index contributed by atoms with van der Waals surface area (Å²) in [6.45, 7) is 12.5. The van der Waals surface area contributed by atoms with Crippen LogP contribution < -0.4 is 9.47 Å². The molecule has 0 spiro atoms. The molecule has 2 aromatic rings. The van der Waals surface area contributed by atoms with Crippen molar-refractivity contribution in [3.05, 3.63) is 57.6 Å². The van der Waals surface area contributed by atoms with Gasteiger partial charge in [-0.15, -0.1) is 0 Å². The zero-order chi connectivity index (χ0) is 19.5. The van der Waals surface area contributed by atoms with E-state index >= 15 is 0 Å². The summed E-state index contributed by atoms with van der Waals surface area (Å²) in [4.78, 5) is 12.1. The average Bonchev–Trinajstić information content (AvgIpc) is 2.55. The molecule has 0 unspecified atom stereocenters. The van der Waals surface area contributed by atoms with Gasteiger partial charge in [0.1, 0.15) is 11.5 Å². The Labute approximate surface area is 164 Å². The summed E-state index contributed by atoms with van der Waals surface area (Å²) < 4.78 is 12.2. The Kier molecular flexibility index (Phi) is 6.51. The lowest BCUT2D eigenvalue weighted by atomic mass is 9.87. The second kappa shape index (κ2) is 8.26. The lowest BCUT2D eigenvalue weighted by Crippen LogP contribution is -2.18. The predicted molar refractivity (Wildman–Crippen MR) is 109 cm³/mol. The molecule has 2 rings (SSSR count). The molecule has 0 heterocycles. The van der Waals surface area contributed by atoms with Crippen molar-refractivity contribution in [2.45, 2.75) is 52.9 Å². The molecule has 0 aliphatic carbocycles. The highest BCUT2D eigenvalue weighted by Gasteiger charge is 2.15. The van der Waals surface area contributed by atoms with E-state index in [1.165, 1.54) is 5.56 Å². The van der Waals surface area contributed by atoms with Crippen LogP contribution in [0.25, 0.3) is 0 Å². The third kappa shape index (κ3) is 5.34. The van der Waals surface area contributed by atoms with Crippen molar-refractivity contribution in [2.24, 2.45) is 0 Å². The van der Waals surface area contributed by atoms with Crippen molar-refractivity contribution in [3.63, 3.8) is 0 Å². The SMILES string of the molecule is Cc1cc(OCC(=O)Oc2ccc(C(C)(C)C)cc2)c(C(C)C)cc1Br. The molecule has 0 saturated heterocycles. The van der Waals surface area contributed by atoms with Gasteiger partial charge in [-0.2, -0.15) is 0 Å². The number of hydrogen-bond acceptors (Lipinski definition) is 3. The van der Waals surface area contributed by atoms with E-state index in [-0.39, 0.29) is 12.0 Å².